The Hall–Kier alpha value is -1.22. The first-order valence-electron chi connectivity index (χ1n) is 8.56. The van der Waals surface area contributed by atoms with Crippen LogP contribution < -0.4 is 14.8 Å². The van der Waals surface area contributed by atoms with Gasteiger partial charge in [0.15, 0.2) is 11.5 Å². The predicted molar refractivity (Wildman–Crippen MR) is 89.8 cm³/mol. The molecular weight excluding hydrogens is 274 g/mol. The van der Waals surface area contributed by atoms with E-state index >= 15 is 0 Å². The molecule has 0 saturated heterocycles. The van der Waals surface area contributed by atoms with E-state index in [0.717, 1.165) is 23.8 Å². The molecule has 122 valence electrons. The molecule has 0 bridgehead atoms. The van der Waals surface area contributed by atoms with Crippen LogP contribution in [-0.2, 0) is 6.42 Å². The number of fused-ring (bicyclic) bond motifs is 1. The molecule has 1 aromatic carbocycles. The number of methoxy groups -OCH3 is 2. The van der Waals surface area contributed by atoms with E-state index in [0.29, 0.717) is 6.04 Å². The molecule has 3 rings (SSSR count). The zero-order chi connectivity index (χ0) is 15.7. The molecule has 1 aliphatic heterocycles. The number of rotatable bonds is 3. The van der Waals surface area contributed by atoms with Crippen LogP contribution in [0.25, 0.3) is 0 Å². The van der Waals surface area contributed by atoms with E-state index in [9.17, 15) is 0 Å². The summed E-state index contributed by atoms with van der Waals surface area (Å²) in [5.41, 5.74) is 2.97. The van der Waals surface area contributed by atoms with Gasteiger partial charge in [0, 0.05) is 11.6 Å². The van der Waals surface area contributed by atoms with E-state index in [2.05, 4.69) is 31.3 Å². The fourth-order valence-electron chi connectivity index (χ4n) is 4.24. The van der Waals surface area contributed by atoms with Gasteiger partial charge in [-0.05, 0) is 62.3 Å². The van der Waals surface area contributed by atoms with E-state index in [1.807, 2.05) is 0 Å². The SMILES string of the molecule is COc1cc2c(cc1OC)C(C1CCCCC1)NC(C)(C)C2. The molecule has 0 spiro atoms. The van der Waals surface area contributed by atoms with Crippen LogP contribution in [0.3, 0.4) is 0 Å². The molecule has 1 atom stereocenters. The van der Waals surface area contributed by atoms with Crippen LogP contribution in [0.2, 0.25) is 0 Å². The molecule has 1 heterocycles. The van der Waals surface area contributed by atoms with Crippen molar-refractivity contribution < 1.29 is 9.47 Å². The lowest BCUT2D eigenvalue weighted by Gasteiger charge is -2.43. The predicted octanol–water partition coefficient (Wildman–Crippen LogP) is 4.25. The summed E-state index contributed by atoms with van der Waals surface area (Å²) in [5.74, 6) is 2.44. The second-order valence-electron chi connectivity index (χ2n) is 7.49. The van der Waals surface area contributed by atoms with Crippen molar-refractivity contribution >= 4 is 0 Å². The molecule has 3 heteroatoms. The minimum atomic E-state index is 0.134. The van der Waals surface area contributed by atoms with Gasteiger partial charge in [-0.3, -0.25) is 0 Å². The van der Waals surface area contributed by atoms with Crippen molar-refractivity contribution in [1.29, 1.82) is 0 Å². The number of ether oxygens (including phenoxy) is 2. The van der Waals surface area contributed by atoms with E-state index in [1.165, 1.54) is 43.2 Å². The molecule has 1 unspecified atom stereocenters. The van der Waals surface area contributed by atoms with Crippen LogP contribution in [0.15, 0.2) is 12.1 Å². The summed E-state index contributed by atoms with van der Waals surface area (Å²) in [7, 11) is 3.44. The Balaban J connectivity index is 2.02. The second-order valence-corrected chi connectivity index (χ2v) is 7.49. The Kier molecular flexibility index (Phi) is 4.35. The highest BCUT2D eigenvalue weighted by Crippen LogP contribution is 2.44. The maximum Gasteiger partial charge on any atom is 0.161 e. The van der Waals surface area contributed by atoms with Crippen LogP contribution >= 0.6 is 0 Å². The minimum Gasteiger partial charge on any atom is -0.493 e. The van der Waals surface area contributed by atoms with E-state index in [-0.39, 0.29) is 5.54 Å². The number of benzene rings is 1. The third kappa shape index (κ3) is 2.96. The summed E-state index contributed by atoms with van der Waals surface area (Å²) in [5, 5.41) is 3.91. The Morgan fingerprint density at radius 3 is 2.27 bits per heavy atom. The average Bonchev–Trinajstić information content (AvgIpc) is 2.53. The quantitative estimate of drug-likeness (QED) is 0.905. The summed E-state index contributed by atoms with van der Waals surface area (Å²) < 4.78 is 11.0. The van der Waals surface area contributed by atoms with Gasteiger partial charge in [-0.25, -0.2) is 0 Å². The van der Waals surface area contributed by atoms with E-state index < -0.39 is 0 Å². The summed E-state index contributed by atoms with van der Waals surface area (Å²) in [6, 6.07) is 4.83. The van der Waals surface area contributed by atoms with Crippen molar-refractivity contribution in [2.24, 2.45) is 5.92 Å². The zero-order valence-electron chi connectivity index (χ0n) is 14.4. The molecule has 1 aromatic rings. The van der Waals surface area contributed by atoms with Crippen LogP contribution in [0.1, 0.15) is 63.1 Å². The number of hydrogen-bond donors (Lipinski definition) is 1. The van der Waals surface area contributed by atoms with Gasteiger partial charge in [0.05, 0.1) is 14.2 Å². The van der Waals surface area contributed by atoms with Crippen LogP contribution in [0.4, 0.5) is 0 Å². The first kappa shape index (κ1) is 15.7. The average molecular weight is 303 g/mol. The Bertz CT molecular complexity index is 532. The molecule has 3 nitrogen and oxygen atoms in total. The standard InChI is InChI=1S/C19H29NO2/c1-19(2)12-14-10-16(21-3)17(22-4)11-15(14)18(20-19)13-8-6-5-7-9-13/h10-11,13,18,20H,5-9,12H2,1-4H3. The molecule has 1 aliphatic carbocycles. The van der Waals surface area contributed by atoms with Crippen molar-refractivity contribution in [3.8, 4) is 11.5 Å². The van der Waals surface area contributed by atoms with E-state index in [1.54, 1.807) is 14.2 Å². The van der Waals surface area contributed by atoms with Crippen molar-refractivity contribution in [1.82, 2.24) is 5.32 Å². The molecule has 0 aromatic heterocycles. The van der Waals surface area contributed by atoms with E-state index in [4.69, 9.17) is 9.47 Å². The van der Waals surface area contributed by atoms with Gasteiger partial charge in [-0.15, -0.1) is 0 Å². The maximum atomic E-state index is 5.54. The van der Waals surface area contributed by atoms with Gasteiger partial charge in [-0.2, -0.15) is 0 Å². The zero-order valence-corrected chi connectivity index (χ0v) is 14.4. The fourth-order valence-corrected chi connectivity index (χ4v) is 4.24. The van der Waals surface area contributed by atoms with Crippen molar-refractivity contribution in [2.75, 3.05) is 14.2 Å². The Labute approximate surface area is 134 Å². The second kappa shape index (κ2) is 6.11. The lowest BCUT2D eigenvalue weighted by Crippen LogP contribution is -2.49. The monoisotopic (exact) mass is 303 g/mol. The number of nitrogens with one attached hydrogen (secondary N) is 1. The molecule has 0 amide bonds. The third-order valence-corrected chi connectivity index (χ3v) is 5.28. The fraction of sp³-hybridized carbons (Fsp3) is 0.684. The molecule has 0 radical (unpaired) electrons. The largest absolute Gasteiger partial charge is 0.493 e. The molecule has 1 fully saturated rings. The molecule has 1 N–H and O–H groups in total. The van der Waals surface area contributed by atoms with Gasteiger partial charge in [0.2, 0.25) is 0 Å². The maximum absolute atomic E-state index is 5.54. The lowest BCUT2D eigenvalue weighted by molar-refractivity contribution is 0.205. The molecule has 22 heavy (non-hydrogen) atoms. The minimum absolute atomic E-state index is 0.134. The molecule has 1 saturated carbocycles. The highest BCUT2D eigenvalue weighted by molar-refractivity contribution is 5.50. The van der Waals surface area contributed by atoms with Crippen molar-refractivity contribution in [2.45, 2.75) is 64.0 Å². The van der Waals surface area contributed by atoms with Gasteiger partial charge >= 0.3 is 0 Å². The normalized spacial score (nSPS) is 24.6. The van der Waals surface area contributed by atoms with Crippen LogP contribution in [0, 0.1) is 5.92 Å². The molecular formula is C19H29NO2. The van der Waals surface area contributed by atoms with Crippen LogP contribution in [0.5, 0.6) is 11.5 Å². The highest BCUT2D eigenvalue weighted by atomic mass is 16.5. The topological polar surface area (TPSA) is 30.5 Å². The first-order chi connectivity index (χ1) is 10.5. The molecule has 2 aliphatic rings. The number of hydrogen-bond acceptors (Lipinski definition) is 3. The van der Waals surface area contributed by atoms with Gasteiger partial charge in [0.1, 0.15) is 0 Å². The highest BCUT2D eigenvalue weighted by Gasteiger charge is 2.36. The van der Waals surface area contributed by atoms with Crippen molar-refractivity contribution in [3.63, 3.8) is 0 Å². The first-order valence-corrected chi connectivity index (χ1v) is 8.56. The van der Waals surface area contributed by atoms with Crippen molar-refractivity contribution in [3.05, 3.63) is 23.3 Å². The Morgan fingerprint density at radius 1 is 1.00 bits per heavy atom. The van der Waals surface area contributed by atoms with Gasteiger partial charge < -0.3 is 14.8 Å². The summed E-state index contributed by atoms with van der Waals surface area (Å²) >= 11 is 0. The van der Waals surface area contributed by atoms with Crippen LogP contribution in [-0.4, -0.2) is 19.8 Å². The Morgan fingerprint density at radius 2 is 1.64 bits per heavy atom. The van der Waals surface area contributed by atoms with Gasteiger partial charge in [0.25, 0.3) is 0 Å². The lowest BCUT2D eigenvalue weighted by atomic mass is 9.74. The summed E-state index contributed by atoms with van der Waals surface area (Å²) in [6.45, 7) is 4.62. The smallest absolute Gasteiger partial charge is 0.161 e. The summed E-state index contributed by atoms with van der Waals surface area (Å²) in [6.07, 6.45) is 7.83. The third-order valence-electron chi connectivity index (χ3n) is 5.28. The van der Waals surface area contributed by atoms with Gasteiger partial charge in [-0.1, -0.05) is 19.3 Å². The summed E-state index contributed by atoms with van der Waals surface area (Å²) in [4.78, 5) is 0.